The van der Waals surface area contributed by atoms with E-state index in [0.717, 1.165) is 18.7 Å². The first-order valence-electron chi connectivity index (χ1n) is 7.04. The third-order valence-electron chi connectivity index (χ3n) is 4.09. The molecule has 0 saturated carbocycles. The summed E-state index contributed by atoms with van der Waals surface area (Å²) in [5.74, 6) is 0. The molecule has 1 aromatic heterocycles. The van der Waals surface area contributed by atoms with E-state index >= 15 is 0 Å². The molecule has 0 aromatic carbocycles. The third kappa shape index (κ3) is 2.87. The average molecular weight is 260 g/mol. The van der Waals surface area contributed by atoms with Gasteiger partial charge in [0.1, 0.15) is 0 Å². The number of piperidine rings is 1. The van der Waals surface area contributed by atoms with Gasteiger partial charge in [0.25, 0.3) is 0 Å². The molecule has 2 aliphatic heterocycles. The van der Waals surface area contributed by atoms with Gasteiger partial charge in [-0.1, -0.05) is 6.42 Å². The van der Waals surface area contributed by atoms with Crippen molar-refractivity contribution in [3.63, 3.8) is 0 Å². The van der Waals surface area contributed by atoms with E-state index in [1.54, 1.807) is 12.4 Å². The minimum atomic E-state index is -0.120. The Kier molecular flexibility index (Phi) is 3.64. The van der Waals surface area contributed by atoms with E-state index in [1.165, 1.54) is 25.8 Å². The lowest BCUT2D eigenvalue weighted by molar-refractivity contribution is 0.180. The predicted molar refractivity (Wildman–Crippen MR) is 74.0 cm³/mol. The van der Waals surface area contributed by atoms with Gasteiger partial charge in [-0.2, -0.15) is 0 Å². The molecule has 0 unspecified atom stereocenters. The number of carbonyl (C=O) groups is 1. The highest BCUT2D eigenvalue weighted by Crippen LogP contribution is 2.27. The molecule has 3 rings (SSSR count). The van der Waals surface area contributed by atoms with Gasteiger partial charge in [0.05, 0.1) is 11.9 Å². The van der Waals surface area contributed by atoms with E-state index in [9.17, 15) is 4.79 Å². The molecule has 5 heteroatoms. The molecule has 5 nitrogen and oxygen atoms in total. The Hall–Kier alpha value is -1.62. The molecule has 0 spiro atoms. The lowest BCUT2D eigenvalue weighted by atomic mass is 9.99. The van der Waals surface area contributed by atoms with Crippen molar-refractivity contribution < 1.29 is 4.79 Å². The zero-order chi connectivity index (χ0) is 13.1. The molecular formula is C14H20N4O. The largest absolute Gasteiger partial charge is 0.334 e. The number of urea groups is 1. The Bertz CT molecular complexity index is 436. The molecule has 3 heterocycles. The van der Waals surface area contributed by atoms with Crippen LogP contribution in [-0.2, 0) is 0 Å². The van der Waals surface area contributed by atoms with E-state index in [4.69, 9.17) is 0 Å². The van der Waals surface area contributed by atoms with Gasteiger partial charge in [-0.15, -0.1) is 0 Å². The molecule has 102 valence electrons. The standard InChI is InChI=1S/C14H20N4O/c19-14(16-11-4-3-7-15-10-11)17-12-6-9-18-8-2-1-5-13(12)18/h3-4,7,10,12-13H,1-2,5-6,8-9H2,(H2,16,17,19)/t12-,13+/m0/s1. The maximum atomic E-state index is 12.0. The van der Waals surface area contributed by atoms with E-state index in [1.807, 2.05) is 12.1 Å². The average Bonchev–Trinajstić information content (AvgIpc) is 2.83. The number of fused-ring (bicyclic) bond motifs is 1. The minimum absolute atomic E-state index is 0.120. The lowest BCUT2D eigenvalue weighted by Gasteiger charge is -2.32. The fourth-order valence-corrected chi connectivity index (χ4v) is 3.19. The van der Waals surface area contributed by atoms with Crippen molar-refractivity contribution in [2.24, 2.45) is 0 Å². The van der Waals surface area contributed by atoms with Gasteiger partial charge >= 0.3 is 6.03 Å². The summed E-state index contributed by atoms with van der Waals surface area (Å²) in [5, 5.41) is 5.94. The Morgan fingerprint density at radius 2 is 2.26 bits per heavy atom. The van der Waals surface area contributed by atoms with Gasteiger partial charge in [-0.05, 0) is 37.9 Å². The maximum absolute atomic E-state index is 12.0. The Morgan fingerprint density at radius 3 is 3.11 bits per heavy atom. The number of carbonyl (C=O) groups excluding carboxylic acids is 1. The van der Waals surface area contributed by atoms with Crippen LogP contribution in [0.1, 0.15) is 25.7 Å². The molecule has 2 atom stereocenters. The van der Waals surface area contributed by atoms with Gasteiger partial charge in [-0.3, -0.25) is 9.88 Å². The molecule has 0 aliphatic carbocycles. The molecule has 2 saturated heterocycles. The van der Waals surface area contributed by atoms with Crippen LogP contribution in [0, 0.1) is 0 Å². The first kappa shape index (κ1) is 12.4. The zero-order valence-electron chi connectivity index (χ0n) is 11.0. The van der Waals surface area contributed by atoms with Crippen molar-refractivity contribution >= 4 is 11.7 Å². The first-order chi connectivity index (χ1) is 9.33. The molecule has 0 radical (unpaired) electrons. The summed E-state index contributed by atoms with van der Waals surface area (Å²) in [6.07, 6.45) is 8.19. The number of nitrogens with zero attached hydrogens (tertiary/aromatic N) is 2. The van der Waals surface area contributed by atoms with Crippen molar-refractivity contribution in [3.05, 3.63) is 24.5 Å². The number of amides is 2. The number of hydrogen-bond acceptors (Lipinski definition) is 3. The van der Waals surface area contributed by atoms with Crippen LogP contribution in [0.4, 0.5) is 10.5 Å². The van der Waals surface area contributed by atoms with Crippen LogP contribution in [0.5, 0.6) is 0 Å². The van der Waals surface area contributed by atoms with Crippen LogP contribution < -0.4 is 10.6 Å². The van der Waals surface area contributed by atoms with E-state index in [0.29, 0.717) is 6.04 Å². The summed E-state index contributed by atoms with van der Waals surface area (Å²) < 4.78 is 0. The SMILES string of the molecule is O=C(Nc1cccnc1)N[C@H]1CCN2CCCC[C@H]12. The summed E-state index contributed by atoms with van der Waals surface area (Å²) in [6, 6.07) is 4.36. The summed E-state index contributed by atoms with van der Waals surface area (Å²) >= 11 is 0. The van der Waals surface area contributed by atoms with Crippen molar-refractivity contribution in [2.75, 3.05) is 18.4 Å². The number of hydrogen-bond donors (Lipinski definition) is 2. The summed E-state index contributed by atoms with van der Waals surface area (Å²) in [6.45, 7) is 2.30. The molecular weight excluding hydrogens is 240 g/mol. The first-order valence-corrected chi connectivity index (χ1v) is 7.04. The smallest absolute Gasteiger partial charge is 0.319 e. The predicted octanol–water partition coefficient (Wildman–Crippen LogP) is 1.83. The molecule has 2 amide bonds. The lowest BCUT2D eigenvalue weighted by Crippen LogP contribution is -2.47. The number of anilines is 1. The zero-order valence-corrected chi connectivity index (χ0v) is 11.0. The fourth-order valence-electron chi connectivity index (χ4n) is 3.19. The van der Waals surface area contributed by atoms with Crippen LogP contribution in [-0.4, -0.2) is 41.1 Å². The molecule has 2 aliphatic rings. The molecule has 2 N–H and O–H groups in total. The maximum Gasteiger partial charge on any atom is 0.319 e. The van der Waals surface area contributed by atoms with E-state index in [-0.39, 0.29) is 12.1 Å². The van der Waals surface area contributed by atoms with Crippen molar-refractivity contribution in [1.82, 2.24) is 15.2 Å². The summed E-state index contributed by atoms with van der Waals surface area (Å²) in [7, 11) is 0. The van der Waals surface area contributed by atoms with Crippen LogP contribution in [0.25, 0.3) is 0 Å². The molecule has 2 fully saturated rings. The second-order valence-electron chi connectivity index (χ2n) is 5.33. The Balaban J connectivity index is 1.55. The fraction of sp³-hybridized carbons (Fsp3) is 0.571. The van der Waals surface area contributed by atoms with Crippen molar-refractivity contribution in [1.29, 1.82) is 0 Å². The van der Waals surface area contributed by atoms with E-state index < -0.39 is 0 Å². The number of pyridine rings is 1. The highest BCUT2D eigenvalue weighted by atomic mass is 16.2. The third-order valence-corrected chi connectivity index (χ3v) is 4.09. The summed E-state index contributed by atoms with van der Waals surface area (Å²) in [5.41, 5.74) is 0.735. The number of rotatable bonds is 2. The number of aromatic nitrogens is 1. The molecule has 1 aromatic rings. The molecule has 0 bridgehead atoms. The van der Waals surface area contributed by atoms with Gasteiger partial charge in [0, 0.05) is 24.8 Å². The summed E-state index contributed by atoms with van der Waals surface area (Å²) in [4.78, 5) is 18.5. The van der Waals surface area contributed by atoms with E-state index in [2.05, 4.69) is 20.5 Å². The van der Waals surface area contributed by atoms with Crippen LogP contribution in [0.3, 0.4) is 0 Å². The van der Waals surface area contributed by atoms with Crippen molar-refractivity contribution in [2.45, 2.75) is 37.8 Å². The van der Waals surface area contributed by atoms with Gasteiger partial charge < -0.3 is 10.6 Å². The number of nitrogens with one attached hydrogen (secondary N) is 2. The van der Waals surface area contributed by atoms with Crippen LogP contribution >= 0.6 is 0 Å². The van der Waals surface area contributed by atoms with Gasteiger partial charge in [0.2, 0.25) is 0 Å². The second-order valence-corrected chi connectivity index (χ2v) is 5.33. The normalized spacial score (nSPS) is 26.7. The van der Waals surface area contributed by atoms with Gasteiger partial charge in [0.15, 0.2) is 0 Å². The highest BCUT2D eigenvalue weighted by Gasteiger charge is 2.36. The monoisotopic (exact) mass is 260 g/mol. The van der Waals surface area contributed by atoms with Gasteiger partial charge in [-0.25, -0.2) is 4.79 Å². The van der Waals surface area contributed by atoms with Crippen LogP contribution in [0.2, 0.25) is 0 Å². The minimum Gasteiger partial charge on any atom is -0.334 e. The highest BCUT2D eigenvalue weighted by molar-refractivity contribution is 5.89. The second kappa shape index (κ2) is 5.57. The Morgan fingerprint density at radius 1 is 1.32 bits per heavy atom. The van der Waals surface area contributed by atoms with Crippen LogP contribution in [0.15, 0.2) is 24.5 Å². The Labute approximate surface area is 113 Å². The topological polar surface area (TPSA) is 57.3 Å². The van der Waals surface area contributed by atoms with Crippen molar-refractivity contribution in [3.8, 4) is 0 Å². The quantitative estimate of drug-likeness (QED) is 0.853. The molecule has 19 heavy (non-hydrogen) atoms.